The number of Topliss-reactive ketones (excluding diaryl/α,β-unsaturated/α-hetero) is 1. The Labute approximate surface area is 95.7 Å². The van der Waals surface area contributed by atoms with Crippen molar-refractivity contribution in [1.82, 2.24) is 4.72 Å². The van der Waals surface area contributed by atoms with Gasteiger partial charge in [-0.15, -0.1) is 0 Å². The van der Waals surface area contributed by atoms with Crippen molar-refractivity contribution in [2.75, 3.05) is 5.75 Å². The van der Waals surface area contributed by atoms with Crippen LogP contribution in [0.2, 0.25) is 0 Å². The zero-order chi connectivity index (χ0) is 12.0. The lowest BCUT2D eigenvalue weighted by Crippen LogP contribution is -2.29. The van der Waals surface area contributed by atoms with Crippen molar-refractivity contribution >= 4 is 15.8 Å². The molecule has 5 heteroatoms. The first kappa shape index (κ1) is 12.9. The van der Waals surface area contributed by atoms with Crippen LogP contribution >= 0.6 is 0 Å². The SMILES string of the molecule is CCC(=O)CS(=O)(=O)NCc1ccccc1. The number of rotatable bonds is 6. The Morgan fingerprint density at radius 2 is 1.88 bits per heavy atom. The molecule has 0 saturated carbocycles. The van der Waals surface area contributed by atoms with Gasteiger partial charge in [0.15, 0.2) is 0 Å². The van der Waals surface area contributed by atoms with E-state index in [1.807, 2.05) is 30.3 Å². The van der Waals surface area contributed by atoms with Gasteiger partial charge in [-0.25, -0.2) is 13.1 Å². The van der Waals surface area contributed by atoms with Crippen molar-refractivity contribution in [3.8, 4) is 0 Å². The maximum atomic E-state index is 11.4. The molecule has 0 saturated heterocycles. The fourth-order valence-corrected chi connectivity index (χ4v) is 2.27. The van der Waals surface area contributed by atoms with E-state index in [0.717, 1.165) is 5.56 Å². The minimum atomic E-state index is -3.49. The predicted molar refractivity (Wildman–Crippen MR) is 62.4 cm³/mol. The van der Waals surface area contributed by atoms with Crippen molar-refractivity contribution in [2.24, 2.45) is 0 Å². The summed E-state index contributed by atoms with van der Waals surface area (Å²) in [5.41, 5.74) is 0.870. The van der Waals surface area contributed by atoms with Gasteiger partial charge in [-0.3, -0.25) is 4.79 Å². The summed E-state index contributed by atoms with van der Waals surface area (Å²) in [6.45, 7) is 1.87. The van der Waals surface area contributed by atoms with Crippen LogP contribution in [0.1, 0.15) is 18.9 Å². The second-order valence-corrected chi connectivity index (χ2v) is 5.26. The van der Waals surface area contributed by atoms with Gasteiger partial charge in [0, 0.05) is 13.0 Å². The lowest BCUT2D eigenvalue weighted by Gasteiger charge is -2.05. The fourth-order valence-electron chi connectivity index (χ4n) is 1.15. The maximum absolute atomic E-state index is 11.4. The molecule has 1 aromatic rings. The van der Waals surface area contributed by atoms with Crippen molar-refractivity contribution in [3.63, 3.8) is 0 Å². The lowest BCUT2D eigenvalue weighted by atomic mass is 10.2. The molecule has 1 N–H and O–H groups in total. The van der Waals surface area contributed by atoms with E-state index >= 15 is 0 Å². The van der Waals surface area contributed by atoms with Crippen LogP contribution in [0.25, 0.3) is 0 Å². The van der Waals surface area contributed by atoms with E-state index in [0.29, 0.717) is 0 Å². The summed E-state index contributed by atoms with van der Waals surface area (Å²) in [4.78, 5) is 11.0. The molecule has 16 heavy (non-hydrogen) atoms. The van der Waals surface area contributed by atoms with E-state index in [1.54, 1.807) is 6.92 Å². The lowest BCUT2D eigenvalue weighted by molar-refractivity contribution is -0.116. The topological polar surface area (TPSA) is 63.2 Å². The molecule has 0 bridgehead atoms. The number of nitrogens with one attached hydrogen (secondary N) is 1. The molecule has 0 heterocycles. The molecule has 0 radical (unpaired) electrons. The number of sulfonamides is 1. The third kappa shape index (κ3) is 4.55. The monoisotopic (exact) mass is 241 g/mol. The zero-order valence-electron chi connectivity index (χ0n) is 9.14. The standard InChI is InChI=1S/C11H15NO3S/c1-2-11(13)9-16(14,15)12-8-10-6-4-3-5-7-10/h3-7,12H,2,8-9H2,1H3. The minimum absolute atomic E-state index is 0.222. The predicted octanol–water partition coefficient (Wildman–Crippen LogP) is 1.09. The molecule has 0 atom stereocenters. The summed E-state index contributed by atoms with van der Waals surface area (Å²) in [5.74, 6) is -0.711. The average Bonchev–Trinajstić information content (AvgIpc) is 2.27. The van der Waals surface area contributed by atoms with Gasteiger partial charge in [0.25, 0.3) is 0 Å². The first-order valence-electron chi connectivity index (χ1n) is 5.06. The van der Waals surface area contributed by atoms with Gasteiger partial charge in [-0.1, -0.05) is 37.3 Å². The van der Waals surface area contributed by atoms with Crippen molar-refractivity contribution in [1.29, 1.82) is 0 Å². The molecule has 0 amide bonds. The summed E-state index contributed by atoms with van der Waals surface area (Å²) < 4.78 is 25.3. The van der Waals surface area contributed by atoms with Gasteiger partial charge in [-0.2, -0.15) is 0 Å². The fraction of sp³-hybridized carbons (Fsp3) is 0.364. The molecule has 0 fully saturated rings. The van der Waals surface area contributed by atoms with Gasteiger partial charge in [0.2, 0.25) is 10.0 Å². The molecule has 0 unspecified atom stereocenters. The van der Waals surface area contributed by atoms with Crippen molar-refractivity contribution in [2.45, 2.75) is 19.9 Å². The van der Waals surface area contributed by atoms with Crippen LogP contribution in [-0.2, 0) is 21.4 Å². The largest absolute Gasteiger partial charge is 0.299 e. The van der Waals surface area contributed by atoms with Crippen LogP contribution in [0.3, 0.4) is 0 Å². The van der Waals surface area contributed by atoms with Crippen LogP contribution in [0.4, 0.5) is 0 Å². The highest BCUT2D eigenvalue weighted by atomic mass is 32.2. The zero-order valence-corrected chi connectivity index (χ0v) is 9.96. The Morgan fingerprint density at radius 1 is 1.25 bits per heavy atom. The number of hydrogen-bond donors (Lipinski definition) is 1. The van der Waals surface area contributed by atoms with E-state index in [2.05, 4.69) is 4.72 Å². The van der Waals surface area contributed by atoms with Crippen molar-refractivity contribution in [3.05, 3.63) is 35.9 Å². The highest BCUT2D eigenvalue weighted by Gasteiger charge is 2.14. The molecule has 1 rings (SSSR count). The Morgan fingerprint density at radius 3 is 2.44 bits per heavy atom. The van der Waals surface area contributed by atoms with Crippen LogP contribution < -0.4 is 4.72 Å². The smallest absolute Gasteiger partial charge is 0.219 e. The number of carbonyl (C=O) groups is 1. The molecule has 0 spiro atoms. The van der Waals surface area contributed by atoms with Gasteiger partial charge >= 0.3 is 0 Å². The van der Waals surface area contributed by atoms with Gasteiger partial charge in [-0.05, 0) is 5.56 Å². The van der Waals surface area contributed by atoms with Crippen LogP contribution in [0.5, 0.6) is 0 Å². The molecule has 0 aliphatic carbocycles. The number of hydrogen-bond acceptors (Lipinski definition) is 3. The molecular weight excluding hydrogens is 226 g/mol. The summed E-state index contributed by atoms with van der Waals surface area (Å²) in [7, 11) is -3.49. The maximum Gasteiger partial charge on any atom is 0.219 e. The Bertz CT molecular complexity index is 440. The van der Waals surface area contributed by atoms with Crippen molar-refractivity contribution < 1.29 is 13.2 Å². The van der Waals surface area contributed by atoms with Crippen LogP contribution in [0.15, 0.2) is 30.3 Å². The van der Waals surface area contributed by atoms with E-state index in [4.69, 9.17) is 0 Å². The summed E-state index contributed by atoms with van der Waals surface area (Å²) in [6, 6.07) is 9.18. The molecule has 0 aliphatic heterocycles. The second kappa shape index (κ2) is 5.77. The number of ketones is 1. The third-order valence-corrected chi connectivity index (χ3v) is 3.37. The highest BCUT2D eigenvalue weighted by Crippen LogP contribution is 1.99. The minimum Gasteiger partial charge on any atom is -0.299 e. The Balaban J connectivity index is 2.52. The Hall–Kier alpha value is -1.20. The van der Waals surface area contributed by atoms with Crippen LogP contribution in [0, 0.1) is 0 Å². The van der Waals surface area contributed by atoms with Gasteiger partial charge in [0.05, 0.1) is 0 Å². The molecule has 1 aromatic carbocycles. The molecule has 0 aromatic heterocycles. The summed E-state index contributed by atoms with van der Waals surface area (Å²) in [5, 5.41) is 0. The number of carbonyl (C=O) groups excluding carboxylic acids is 1. The third-order valence-electron chi connectivity index (χ3n) is 2.08. The summed E-state index contributed by atoms with van der Waals surface area (Å²) in [6.07, 6.45) is 0.242. The second-order valence-electron chi connectivity index (χ2n) is 3.46. The Kier molecular flexibility index (Phi) is 4.64. The van der Waals surface area contributed by atoms with E-state index < -0.39 is 15.8 Å². The van der Waals surface area contributed by atoms with Crippen LogP contribution in [-0.4, -0.2) is 20.0 Å². The average molecular weight is 241 g/mol. The highest BCUT2D eigenvalue weighted by molar-refractivity contribution is 7.90. The summed E-state index contributed by atoms with van der Waals surface area (Å²) >= 11 is 0. The molecule has 0 aliphatic rings. The van der Waals surface area contributed by atoms with E-state index in [-0.39, 0.29) is 18.7 Å². The molecule has 88 valence electrons. The molecular formula is C11H15NO3S. The van der Waals surface area contributed by atoms with Gasteiger partial charge < -0.3 is 0 Å². The quantitative estimate of drug-likeness (QED) is 0.810. The number of benzene rings is 1. The normalized spacial score (nSPS) is 11.3. The van der Waals surface area contributed by atoms with E-state index in [9.17, 15) is 13.2 Å². The van der Waals surface area contributed by atoms with Gasteiger partial charge in [0.1, 0.15) is 11.5 Å². The molecule has 4 nitrogen and oxygen atoms in total. The first-order chi connectivity index (χ1) is 7.53. The first-order valence-corrected chi connectivity index (χ1v) is 6.71. The van der Waals surface area contributed by atoms with E-state index in [1.165, 1.54) is 0 Å².